The minimum Gasteiger partial charge on any atom is -0.493 e. The first-order valence-electron chi connectivity index (χ1n) is 6.21. The second-order valence-electron chi connectivity index (χ2n) is 4.37. The summed E-state index contributed by atoms with van der Waals surface area (Å²) in [7, 11) is 2.94. The van der Waals surface area contributed by atoms with Crippen molar-refractivity contribution in [1.82, 2.24) is 0 Å². The number of rotatable bonds is 4. The molecular formula is C15H14F3NO3. The number of benzene rings is 2. The van der Waals surface area contributed by atoms with E-state index in [-0.39, 0.29) is 5.75 Å². The highest BCUT2D eigenvalue weighted by molar-refractivity contribution is 5.75. The van der Waals surface area contributed by atoms with Gasteiger partial charge in [0.05, 0.1) is 19.9 Å². The Morgan fingerprint density at radius 1 is 0.909 bits per heavy atom. The maximum Gasteiger partial charge on any atom is 0.573 e. The molecule has 2 aromatic carbocycles. The van der Waals surface area contributed by atoms with Crippen LogP contribution in [0.3, 0.4) is 0 Å². The summed E-state index contributed by atoms with van der Waals surface area (Å²) in [5.41, 5.74) is 7.61. The van der Waals surface area contributed by atoms with Gasteiger partial charge in [0.1, 0.15) is 5.75 Å². The molecule has 0 radical (unpaired) electrons. The number of nitrogens with two attached hydrogens (primary N) is 1. The third-order valence-corrected chi connectivity index (χ3v) is 2.93. The van der Waals surface area contributed by atoms with E-state index in [0.717, 1.165) is 0 Å². The number of alkyl halides is 3. The van der Waals surface area contributed by atoms with Crippen LogP contribution < -0.4 is 19.9 Å². The van der Waals surface area contributed by atoms with Gasteiger partial charge in [-0.3, -0.25) is 0 Å². The average Bonchev–Trinajstić information content (AvgIpc) is 2.45. The van der Waals surface area contributed by atoms with Crippen LogP contribution in [0.1, 0.15) is 0 Å². The standard InChI is InChI=1S/C15H14F3NO3/c1-20-13-8-10(7-12(19)14(13)21-2)9-3-5-11(6-4-9)22-15(16,17)18/h3-8H,19H2,1-2H3. The Morgan fingerprint density at radius 2 is 1.55 bits per heavy atom. The summed E-state index contributed by atoms with van der Waals surface area (Å²) in [4.78, 5) is 0. The first-order chi connectivity index (χ1) is 10.3. The molecule has 0 aliphatic rings. The molecule has 2 aromatic rings. The number of methoxy groups -OCH3 is 2. The van der Waals surface area contributed by atoms with Crippen LogP contribution in [0, 0.1) is 0 Å². The average molecular weight is 313 g/mol. The summed E-state index contributed by atoms with van der Waals surface area (Å²) in [6.07, 6.45) is -4.71. The van der Waals surface area contributed by atoms with Gasteiger partial charge < -0.3 is 19.9 Å². The molecule has 0 saturated heterocycles. The number of hydrogen-bond acceptors (Lipinski definition) is 4. The summed E-state index contributed by atoms with van der Waals surface area (Å²) in [6, 6.07) is 8.81. The summed E-state index contributed by atoms with van der Waals surface area (Å²) in [6.45, 7) is 0. The van der Waals surface area contributed by atoms with Crippen molar-refractivity contribution in [3.8, 4) is 28.4 Å². The molecule has 4 nitrogen and oxygen atoms in total. The smallest absolute Gasteiger partial charge is 0.493 e. The molecule has 0 heterocycles. The van der Waals surface area contributed by atoms with Gasteiger partial charge in [-0.15, -0.1) is 13.2 Å². The molecule has 22 heavy (non-hydrogen) atoms. The molecule has 0 fully saturated rings. The maximum atomic E-state index is 12.1. The normalized spacial score (nSPS) is 11.1. The third-order valence-electron chi connectivity index (χ3n) is 2.93. The van der Waals surface area contributed by atoms with Crippen LogP contribution in [0.5, 0.6) is 17.2 Å². The van der Waals surface area contributed by atoms with Crippen molar-refractivity contribution in [2.24, 2.45) is 0 Å². The summed E-state index contributed by atoms with van der Waals surface area (Å²) in [5.74, 6) is 0.557. The molecular weight excluding hydrogens is 299 g/mol. The molecule has 0 spiro atoms. The number of anilines is 1. The molecule has 0 aromatic heterocycles. The Kier molecular flexibility index (Phi) is 4.35. The van der Waals surface area contributed by atoms with Crippen molar-refractivity contribution in [2.45, 2.75) is 6.36 Å². The van der Waals surface area contributed by atoms with Crippen LogP contribution >= 0.6 is 0 Å². The van der Waals surface area contributed by atoms with Crippen molar-refractivity contribution in [2.75, 3.05) is 20.0 Å². The van der Waals surface area contributed by atoms with Crippen molar-refractivity contribution in [3.63, 3.8) is 0 Å². The molecule has 0 atom stereocenters. The Balaban J connectivity index is 2.34. The lowest BCUT2D eigenvalue weighted by molar-refractivity contribution is -0.274. The molecule has 0 amide bonds. The molecule has 118 valence electrons. The van der Waals surface area contributed by atoms with E-state index < -0.39 is 6.36 Å². The Morgan fingerprint density at radius 3 is 2.05 bits per heavy atom. The van der Waals surface area contributed by atoms with E-state index >= 15 is 0 Å². The molecule has 2 rings (SSSR count). The summed E-state index contributed by atoms with van der Waals surface area (Å²) in [5, 5.41) is 0. The lowest BCUT2D eigenvalue weighted by atomic mass is 10.0. The third kappa shape index (κ3) is 3.55. The van der Waals surface area contributed by atoms with Gasteiger partial charge in [0.25, 0.3) is 0 Å². The summed E-state index contributed by atoms with van der Waals surface area (Å²) < 4.78 is 50.5. The summed E-state index contributed by atoms with van der Waals surface area (Å²) >= 11 is 0. The topological polar surface area (TPSA) is 53.7 Å². The minimum absolute atomic E-state index is 0.287. The minimum atomic E-state index is -4.71. The van der Waals surface area contributed by atoms with Crippen molar-refractivity contribution in [3.05, 3.63) is 36.4 Å². The van der Waals surface area contributed by atoms with E-state index in [1.807, 2.05) is 0 Å². The van der Waals surface area contributed by atoms with E-state index in [0.29, 0.717) is 28.3 Å². The highest BCUT2D eigenvalue weighted by Gasteiger charge is 2.30. The van der Waals surface area contributed by atoms with E-state index in [2.05, 4.69) is 4.74 Å². The van der Waals surface area contributed by atoms with Gasteiger partial charge in [0.2, 0.25) is 0 Å². The quantitative estimate of drug-likeness (QED) is 0.871. The highest BCUT2D eigenvalue weighted by atomic mass is 19.4. The first kappa shape index (κ1) is 15.8. The number of halogens is 3. The molecule has 0 bridgehead atoms. The largest absolute Gasteiger partial charge is 0.573 e. The second-order valence-corrected chi connectivity index (χ2v) is 4.37. The fraction of sp³-hybridized carbons (Fsp3) is 0.200. The predicted molar refractivity (Wildman–Crippen MR) is 76.1 cm³/mol. The monoisotopic (exact) mass is 313 g/mol. The van der Waals surface area contributed by atoms with Gasteiger partial charge in [0, 0.05) is 0 Å². The van der Waals surface area contributed by atoms with Gasteiger partial charge >= 0.3 is 6.36 Å². The number of nitrogen functional groups attached to an aromatic ring is 1. The zero-order valence-corrected chi connectivity index (χ0v) is 11.9. The van der Waals surface area contributed by atoms with E-state index in [9.17, 15) is 13.2 Å². The van der Waals surface area contributed by atoms with Gasteiger partial charge in [-0.2, -0.15) is 0 Å². The van der Waals surface area contributed by atoms with Crippen molar-refractivity contribution in [1.29, 1.82) is 0 Å². The van der Waals surface area contributed by atoms with Crippen LogP contribution in [0.25, 0.3) is 11.1 Å². The van der Waals surface area contributed by atoms with E-state index in [1.165, 1.54) is 38.5 Å². The highest BCUT2D eigenvalue weighted by Crippen LogP contribution is 2.38. The molecule has 0 saturated carbocycles. The van der Waals surface area contributed by atoms with Crippen molar-refractivity contribution >= 4 is 5.69 Å². The fourth-order valence-electron chi connectivity index (χ4n) is 2.01. The molecule has 0 aliphatic heterocycles. The Bertz CT molecular complexity index is 654. The molecule has 2 N–H and O–H groups in total. The van der Waals surface area contributed by atoms with Gasteiger partial charge in [0.15, 0.2) is 11.5 Å². The van der Waals surface area contributed by atoms with Gasteiger partial charge in [-0.05, 0) is 35.4 Å². The van der Waals surface area contributed by atoms with E-state index in [1.54, 1.807) is 12.1 Å². The molecule has 7 heteroatoms. The Labute approximate surface area is 125 Å². The predicted octanol–water partition coefficient (Wildman–Crippen LogP) is 3.85. The van der Waals surface area contributed by atoms with Crippen LogP contribution in [0.4, 0.5) is 18.9 Å². The zero-order valence-electron chi connectivity index (χ0n) is 11.9. The SMILES string of the molecule is COc1cc(-c2ccc(OC(F)(F)F)cc2)cc(N)c1OC. The van der Waals surface area contributed by atoms with E-state index in [4.69, 9.17) is 15.2 Å². The second kappa shape index (κ2) is 6.05. The van der Waals surface area contributed by atoms with Gasteiger partial charge in [-0.25, -0.2) is 0 Å². The van der Waals surface area contributed by atoms with Crippen molar-refractivity contribution < 1.29 is 27.4 Å². The Hall–Kier alpha value is -2.57. The van der Waals surface area contributed by atoms with Crippen LogP contribution in [-0.4, -0.2) is 20.6 Å². The number of hydrogen-bond donors (Lipinski definition) is 1. The maximum absolute atomic E-state index is 12.1. The van der Waals surface area contributed by atoms with Crippen LogP contribution in [0.2, 0.25) is 0 Å². The number of ether oxygens (including phenoxy) is 3. The zero-order chi connectivity index (χ0) is 16.3. The van der Waals surface area contributed by atoms with Crippen LogP contribution in [0.15, 0.2) is 36.4 Å². The molecule has 0 unspecified atom stereocenters. The lowest BCUT2D eigenvalue weighted by Crippen LogP contribution is -2.16. The fourth-order valence-corrected chi connectivity index (χ4v) is 2.01. The molecule has 0 aliphatic carbocycles. The lowest BCUT2D eigenvalue weighted by Gasteiger charge is -2.13. The first-order valence-corrected chi connectivity index (χ1v) is 6.21. The van der Waals surface area contributed by atoms with Crippen LogP contribution in [-0.2, 0) is 0 Å². The van der Waals surface area contributed by atoms with Gasteiger partial charge in [-0.1, -0.05) is 12.1 Å².